The summed E-state index contributed by atoms with van der Waals surface area (Å²) in [7, 11) is -3.49. The van der Waals surface area contributed by atoms with Gasteiger partial charge in [0.1, 0.15) is 0 Å². The topological polar surface area (TPSA) is 65.1 Å². The van der Waals surface area contributed by atoms with E-state index in [4.69, 9.17) is 28.6 Å². The van der Waals surface area contributed by atoms with Gasteiger partial charge >= 0.3 is 0 Å². The van der Waals surface area contributed by atoms with Crippen molar-refractivity contribution in [2.24, 2.45) is 0 Å². The van der Waals surface area contributed by atoms with Crippen LogP contribution in [-0.4, -0.2) is 75.2 Å². The Hall–Kier alpha value is -1.91. The van der Waals surface area contributed by atoms with E-state index in [0.717, 1.165) is 42.6 Å². The molecule has 2 aromatic carbocycles. The summed E-state index contributed by atoms with van der Waals surface area (Å²) in [6.45, 7) is 4.95. The van der Waals surface area contributed by atoms with Crippen molar-refractivity contribution in [3.63, 3.8) is 0 Å². The maximum absolute atomic E-state index is 12.7. The van der Waals surface area contributed by atoms with Crippen molar-refractivity contribution in [3.05, 3.63) is 53.6 Å². The minimum absolute atomic E-state index is 0.280. The van der Waals surface area contributed by atoms with E-state index in [0.29, 0.717) is 31.4 Å². The van der Waals surface area contributed by atoms with E-state index in [9.17, 15) is 8.42 Å². The van der Waals surface area contributed by atoms with Gasteiger partial charge < -0.3 is 19.9 Å². The molecule has 0 spiro atoms. The number of hydrogen-bond acceptors (Lipinski definition) is 5. The first-order chi connectivity index (χ1) is 14.9. The van der Waals surface area contributed by atoms with E-state index in [1.807, 2.05) is 24.3 Å². The molecule has 7 nitrogen and oxygen atoms in total. The highest BCUT2D eigenvalue weighted by atomic mass is 35.5. The number of morpholine rings is 1. The molecule has 2 aliphatic heterocycles. The molecule has 2 aromatic rings. The molecular formula is C21H25ClN4O3S2. The molecule has 2 saturated heterocycles. The van der Waals surface area contributed by atoms with Crippen LogP contribution in [0.15, 0.2) is 53.4 Å². The van der Waals surface area contributed by atoms with Crippen LogP contribution in [0.2, 0.25) is 5.02 Å². The van der Waals surface area contributed by atoms with Crippen LogP contribution in [0.4, 0.5) is 11.4 Å². The van der Waals surface area contributed by atoms with Crippen LogP contribution in [0.25, 0.3) is 0 Å². The Morgan fingerprint density at radius 3 is 2.13 bits per heavy atom. The second-order valence-electron chi connectivity index (χ2n) is 7.42. The van der Waals surface area contributed by atoms with E-state index in [1.165, 1.54) is 4.31 Å². The van der Waals surface area contributed by atoms with Gasteiger partial charge in [0, 0.05) is 55.7 Å². The minimum Gasteiger partial charge on any atom is -0.379 e. The summed E-state index contributed by atoms with van der Waals surface area (Å²) in [4.78, 5) is 4.71. The lowest BCUT2D eigenvalue weighted by atomic mass is 10.2. The Balaban J connectivity index is 1.32. The third kappa shape index (κ3) is 5.30. The number of piperazine rings is 1. The first-order valence-corrected chi connectivity index (χ1v) is 12.4. The van der Waals surface area contributed by atoms with Gasteiger partial charge in [-0.3, -0.25) is 0 Å². The second-order valence-corrected chi connectivity index (χ2v) is 10.2. The molecule has 0 saturated carbocycles. The quantitative estimate of drug-likeness (QED) is 0.675. The molecule has 1 N–H and O–H groups in total. The van der Waals surface area contributed by atoms with E-state index >= 15 is 0 Å². The van der Waals surface area contributed by atoms with Crippen molar-refractivity contribution < 1.29 is 13.2 Å². The highest BCUT2D eigenvalue weighted by Crippen LogP contribution is 2.21. The average molecular weight is 481 g/mol. The van der Waals surface area contributed by atoms with Crippen LogP contribution in [-0.2, 0) is 14.8 Å². The number of rotatable bonds is 4. The Kier molecular flexibility index (Phi) is 6.98. The summed E-state index contributed by atoms with van der Waals surface area (Å²) in [5.41, 5.74) is 1.92. The molecule has 0 aliphatic carbocycles. The summed E-state index contributed by atoms with van der Waals surface area (Å²) in [6, 6.07) is 14.6. The van der Waals surface area contributed by atoms with Crippen LogP contribution in [0, 0.1) is 0 Å². The van der Waals surface area contributed by atoms with E-state index in [-0.39, 0.29) is 4.90 Å². The zero-order valence-corrected chi connectivity index (χ0v) is 19.4. The van der Waals surface area contributed by atoms with Crippen LogP contribution >= 0.6 is 23.8 Å². The average Bonchev–Trinajstić information content (AvgIpc) is 2.81. The van der Waals surface area contributed by atoms with Crippen molar-refractivity contribution in [1.82, 2.24) is 9.21 Å². The SMILES string of the molecule is O=S(=O)(c1ccc(NC(=S)N2CCN(c3ccc(Cl)cc3)CC2)cc1)N1CCOCC1. The molecular weight excluding hydrogens is 456 g/mol. The first-order valence-electron chi connectivity index (χ1n) is 10.2. The fraction of sp³-hybridized carbons (Fsp3) is 0.381. The van der Waals surface area contributed by atoms with Gasteiger partial charge in [-0.15, -0.1) is 0 Å². The summed E-state index contributed by atoms with van der Waals surface area (Å²) in [5, 5.41) is 4.60. The number of hydrogen-bond donors (Lipinski definition) is 1. The van der Waals surface area contributed by atoms with E-state index in [2.05, 4.69) is 15.1 Å². The smallest absolute Gasteiger partial charge is 0.243 e. The maximum atomic E-state index is 12.7. The van der Waals surface area contributed by atoms with E-state index < -0.39 is 10.0 Å². The van der Waals surface area contributed by atoms with Crippen molar-refractivity contribution in [1.29, 1.82) is 0 Å². The molecule has 10 heteroatoms. The predicted octanol–water partition coefficient (Wildman–Crippen LogP) is 2.88. The van der Waals surface area contributed by atoms with Gasteiger partial charge in [0.2, 0.25) is 10.0 Å². The van der Waals surface area contributed by atoms with Gasteiger partial charge in [0.15, 0.2) is 5.11 Å². The zero-order chi connectivity index (χ0) is 21.8. The molecule has 0 unspecified atom stereocenters. The number of sulfonamides is 1. The maximum Gasteiger partial charge on any atom is 0.243 e. The predicted molar refractivity (Wildman–Crippen MR) is 127 cm³/mol. The van der Waals surface area contributed by atoms with Gasteiger partial charge in [-0.05, 0) is 60.7 Å². The molecule has 0 aromatic heterocycles. The number of anilines is 2. The van der Waals surface area contributed by atoms with Gasteiger partial charge in [-0.2, -0.15) is 4.31 Å². The first kappa shape index (κ1) is 22.3. The lowest BCUT2D eigenvalue weighted by molar-refractivity contribution is 0.0730. The standard InChI is InChI=1S/C21H25ClN4O3S2/c22-17-1-5-19(6-2-17)24-9-11-25(12-10-24)21(30)23-18-3-7-20(8-4-18)31(27,28)26-13-15-29-16-14-26/h1-8H,9-16H2,(H,23,30). The number of ether oxygens (including phenoxy) is 1. The fourth-order valence-electron chi connectivity index (χ4n) is 3.67. The number of halogens is 1. The summed E-state index contributed by atoms with van der Waals surface area (Å²) >= 11 is 11.5. The van der Waals surface area contributed by atoms with Gasteiger partial charge in [-0.25, -0.2) is 8.42 Å². The largest absolute Gasteiger partial charge is 0.379 e. The van der Waals surface area contributed by atoms with Crippen molar-refractivity contribution in [2.45, 2.75) is 4.90 Å². The number of nitrogens with one attached hydrogen (secondary N) is 1. The summed E-state index contributed by atoms with van der Waals surface area (Å²) in [5.74, 6) is 0. The van der Waals surface area contributed by atoms with Gasteiger partial charge in [0.05, 0.1) is 18.1 Å². The molecule has 4 rings (SSSR count). The lowest BCUT2D eigenvalue weighted by Crippen LogP contribution is -2.50. The third-order valence-corrected chi connectivity index (χ3v) is 8.00. The summed E-state index contributed by atoms with van der Waals surface area (Å²) in [6.07, 6.45) is 0. The highest BCUT2D eigenvalue weighted by molar-refractivity contribution is 7.89. The fourth-order valence-corrected chi connectivity index (χ4v) is 5.50. The number of thiocarbonyl (C=S) groups is 1. The molecule has 0 radical (unpaired) electrons. The van der Waals surface area contributed by atoms with Crippen LogP contribution < -0.4 is 10.2 Å². The second kappa shape index (κ2) is 9.70. The Morgan fingerprint density at radius 1 is 0.903 bits per heavy atom. The molecule has 0 bridgehead atoms. The molecule has 0 amide bonds. The Labute approximate surface area is 193 Å². The molecule has 0 atom stereocenters. The third-order valence-electron chi connectivity index (χ3n) is 5.47. The van der Waals surface area contributed by atoms with Crippen molar-refractivity contribution in [2.75, 3.05) is 62.7 Å². The number of nitrogens with zero attached hydrogens (tertiary/aromatic N) is 3. The summed E-state index contributed by atoms with van der Waals surface area (Å²) < 4.78 is 32.2. The van der Waals surface area contributed by atoms with Crippen molar-refractivity contribution in [3.8, 4) is 0 Å². The van der Waals surface area contributed by atoms with Gasteiger partial charge in [-0.1, -0.05) is 11.6 Å². The lowest BCUT2D eigenvalue weighted by Gasteiger charge is -2.37. The zero-order valence-electron chi connectivity index (χ0n) is 17.0. The Bertz CT molecular complexity index is 1000. The van der Waals surface area contributed by atoms with Crippen molar-refractivity contribution >= 4 is 50.3 Å². The van der Waals surface area contributed by atoms with Crippen LogP contribution in [0.1, 0.15) is 0 Å². The minimum atomic E-state index is -3.49. The number of benzene rings is 2. The molecule has 2 fully saturated rings. The van der Waals surface area contributed by atoms with Gasteiger partial charge in [0.25, 0.3) is 0 Å². The molecule has 2 aliphatic rings. The molecule has 2 heterocycles. The van der Waals surface area contributed by atoms with E-state index in [1.54, 1.807) is 24.3 Å². The highest BCUT2D eigenvalue weighted by Gasteiger charge is 2.26. The monoisotopic (exact) mass is 480 g/mol. The molecule has 31 heavy (non-hydrogen) atoms. The Morgan fingerprint density at radius 2 is 1.52 bits per heavy atom. The van der Waals surface area contributed by atoms with Crippen LogP contribution in [0.5, 0.6) is 0 Å². The normalized spacial score (nSPS) is 18.1. The molecule has 166 valence electrons. The van der Waals surface area contributed by atoms with Crippen LogP contribution in [0.3, 0.4) is 0 Å².